The summed E-state index contributed by atoms with van der Waals surface area (Å²) in [7, 11) is 0. The highest BCUT2D eigenvalue weighted by Gasteiger charge is 2.14. The summed E-state index contributed by atoms with van der Waals surface area (Å²) in [6.45, 7) is 4.02. The first-order valence-electron chi connectivity index (χ1n) is 4.94. The molecule has 0 aliphatic rings. The molecule has 0 fully saturated rings. The first kappa shape index (κ1) is 13.0. The van der Waals surface area contributed by atoms with E-state index in [4.69, 9.17) is 4.74 Å². The highest BCUT2D eigenvalue weighted by atomic mass is 79.9. The second-order valence-electron chi connectivity index (χ2n) is 3.23. The number of hydrogen-bond acceptors (Lipinski definition) is 2. The number of nitrogens with one attached hydrogen (secondary N) is 1. The Kier molecular flexibility index (Phi) is 4.73. The van der Waals surface area contributed by atoms with E-state index in [0.717, 1.165) is 0 Å². The van der Waals surface area contributed by atoms with Crippen molar-refractivity contribution in [3.8, 4) is 5.75 Å². The lowest BCUT2D eigenvalue weighted by molar-refractivity contribution is -0.127. The number of amides is 1. The molecule has 5 heteroatoms. The van der Waals surface area contributed by atoms with Crippen molar-refractivity contribution in [1.29, 1.82) is 0 Å². The lowest BCUT2D eigenvalue weighted by Crippen LogP contribution is -2.36. The Hall–Kier alpha value is -1.10. The van der Waals surface area contributed by atoms with Crippen molar-refractivity contribution in [2.75, 3.05) is 6.54 Å². The Balaban J connectivity index is 2.69. The summed E-state index contributed by atoms with van der Waals surface area (Å²) in [5.74, 6) is -0.108. The van der Waals surface area contributed by atoms with Crippen molar-refractivity contribution < 1.29 is 13.9 Å². The molecule has 0 aliphatic heterocycles. The van der Waals surface area contributed by atoms with Crippen LogP contribution < -0.4 is 10.1 Å². The predicted molar refractivity (Wildman–Crippen MR) is 62.9 cm³/mol. The lowest BCUT2D eigenvalue weighted by atomic mass is 10.3. The summed E-state index contributed by atoms with van der Waals surface area (Å²) in [4.78, 5) is 11.4. The molecule has 0 aliphatic carbocycles. The Bertz CT molecular complexity index is 384. The van der Waals surface area contributed by atoms with Gasteiger partial charge in [0.25, 0.3) is 5.91 Å². The zero-order valence-electron chi connectivity index (χ0n) is 9.09. The van der Waals surface area contributed by atoms with Crippen molar-refractivity contribution >= 4 is 21.8 Å². The summed E-state index contributed by atoms with van der Waals surface area (Å²) in [5.41, 5.74) is 0. The quantitative estimate of drug-likeness (QED) is 0.925. The molecule has 0 saturated heterocycles. The van der Waals surface area contributed by atoms with Gasteiger partial charge >= 0.3 is 0 Å². The molecule has 1 aromatic carbocycles. The number of hydrogen-bond donors (Lipinski definition) is 1. The van der Waals surface area contributed by atoms with Gasteiger partial charge in [-0.3, -0.25) is 4.79 Å². The van der Waals surface area contributed by atoms with Crippen molar-refractivity contribution in [1.82, 2.24) is 5.32 Å². The van der Waals surface area contributed by atoms with Gasteiger partial charge in [-0.1, -0.05) is 0 Å². The fraction of sp³-hybridized carbons (Fsp3) is 0.364. The molecule has 88 valence electrons. The van der Waals surface area contributed by atoms with E-state index < -0.39 is 6.10 Å². The second kappa shape index (κ2) is 5.84. The van der Waals surface area contributed by atoms with E-state index in [1.807, 2.05) is 6.92 Å². The third-order valence-corrected chi connectivity index (χ3v) is 2.54. The molecule has 0 spiro atoms. The number of halogens is 2. The maximum absolute atomic E-state index is 12.8. The molecular weight excluding hydrogens is 277 g/mol. The Morgan fingerprint density at radius 3 is 2.88 bits per heavy atom. The van der Waals surface area contributed by atoms with Crippen LogP contribution in [-0.2, 0) is 4.79 Å². The molecule has 1 N–H and O–H groups in total. The van der Waals surface area contributed by atoms with Gasteiger partial charge in [-0.25, -0.2) is 4.39 Å². The summed E-state index contributed by atoms with van der Waals surface area (Å²) in [5, 5.41) is 2.64. The van der Waals surface area contributed by atoms with Gasteiger partial charge in [0.2, 0.25) is 0 Å². The van der Waals surface area contributed by atoms with E-state index in [1.165, 1.54) is 18.2 Å². The summed E-state index contributed by atoms with van der Waals surface area (Å²) >= 11 is 3.17. The maximum atomic E-state index is 12.8. The molecule has 1 unspecified atom stereocenters. The van der Waals surface area contributed by atoms with Gasteiger partial charge in [0.1, 0.15) is 11.6 Å². The largest absolute Gasteiger partial charge is 0.480 e. The van der Waals surface area contributed by atoms with Crippen LogP contribution in [0.15, 0.2) is 22.7 Å². The number of benzene rings is 1. The van der Waals surface area contributed by atoms with Gasteiger partial charge in [0.15, 0.2) is 6.10 Å². The molecule has 3 nitrogen and oxygen atoms in total. The van der Waals surface area contributed by atoms with Crippen molar-refractivity contribution in [3.05, 3.63) is 28.5 Å². The van der Waals surface area contributed by atoms with Crippen LogP contribution in [0.4, 0.5) is 4.39 Å². The van der Waals surface area contributed by atoms with Gasteiger partial charge in [0, 0.05) is 6.54 Å². The second-order valence-corrected chi connectivity index (χ2v) is 4.08. The zero-order valence-corrected chi connectivity index (χ0v) is 10.7. The topological polar surface area (TPSA) is 38.3 Å². The van der Waals surface area contributed by atoms with Crippen LogP contribution in [0.2, 0.25) is 0 Å². The van der Waals surface area contributed by atoms with Crippen LogP contribution in [0.3, 0.4) is 0 Å². The minimum absolute atomic E-state index is 0.196. The van der Waals surface area contributed by atoms with E-state index in [0.29, 0.717) is 16.8 Å². The van der Waals surface area contributed by atoms with E-state index in [9.17, 15) is 9.18 Å². The third kappa shape index (κ3) is 3.48. The number of likely N-dealkylation sites (N-methyl/N-ethyl adjacent to an activating group) is 1. The molecule has 0 bridgehead atoms. The molecule has 1 rings (SSSR count). The summed E-state index contributed by atoms with van der Waals surface area (Å²) in [6.07, 6.45) is -0.610. The van der Waals surface area contributed by atoms with Crippen LogP contribution in [0, 0.1) is 5.82 Å². The van der Waals surface area contributed by atoms with E-state index >= 15 is 0 Å². The fourth-order valence-corrected chi connectivity index (χ4v) is 1.58. The van der Waals surface area contributed by atoms with Gasteiger partial charge in [-0.05, 0) is 48.0 Å². The van der Waals surface area contributed by atoms with Crippen LogP contribution in [-0.4, -0.2) is 18.6 Å². The first-order chi connectivity index (χ1) is 7.54. The molecule has 0 heterocycles. The number of carbonyl (C=O) groups excluding carboxylic acids is 1. The lowest BCUT2D eigenvalue weighted by Gasteiger charge is -2.15. The normalized spacial score (nSPS) is 12.0. The number of ether oxygens (including phenoxy) is 1. The molecule has 16 heavy (non-hydrogen) atoms. The monoisotopic (exact) mass is 289 g/mol. The Morgan fingerprint density at radius 2 is 2.31 bits per heavy atom. The average Bonchev–Trinajstić information content (AvgIpc) is 2.22. The smallest absolute Gasteiger partial charge is 0.260 e. The fourth-order valence-electron chi connectivity index (χ4n) is 1.13. The van der Waals surface area contributed by atoms with Crippen LogP contribution in [0.25, 0.3) is 0 Å². The summed E-state index contributed by atoms with van der Waals surface area (Å²) < 4.78 is 18.7. The van der Waals surface area contributed by atoms with Gasteiger partial charge in [-0.15, -0.1) is 0 Å². The predicted octanol–water partition coefficient (Wildman–Crippen LogP) is 2.49. The zero-order chi connectivity index (χ0) is 12.1. The standard InChI is InChI=1S/C11H13BrFNO2/c1-3-14-11(15)7(2)16-10-5-4-8(13)6-9(10)12/h4-7H,3H2,1-2H3,(H,14,15). The maximum Gasteiger partial charge on any atom is 0.260 e. The average molecular weight is 290 g/mol. The van der Waals surface area contributed by atoms with Crippen LogP contribution in [0.1, 0.15) is 13.8 Å². The highest BCUT2D eigenvalue weighted by Crippen LogP contribution is 2.26. The van der Waals surface area contributed by atoms with Gasteiger partial charge in [0.05, 0.1) is 4.47 Å². The van der Waals surface area contributed by atoms with E-state index in [2.05, 4.69) is 21.2 Å². The third-order valence-electron chi connectivity index (χ3n) is 1.92. The van der Waals surface area contributed by atoms with Crippen molar-refractivity contribution in [3.63, 3.8) is 0 Å². The molecular formula is C11H13BrFNO2. The molecule has 0 saturated carbocycles. The number of rotatable bonds is 4. The van der Waals surface area contributed by atoms with Gasteiger partial charge in [-0.2, -0.15) is 0 Å². The SMILES string of the molecule is CCNC(=O)C(C)Oc1ccc(F)cc1Br. The van der Waals surface area contributed by atoms with E-state index in [-0.39, 0.29) is 11.7 Å². The minimum Gasteiger partial charge on any atom is -0.480 e. The molecule has 0 radical (unpaired) electrons. The Labute approximate surface area is 102 Å². The number of carbonyl (C=O) groups is 1. The van der Waals surface area contributed by atoms with Gasteiger partial charge < -0.3 is 10.1 Å². The van der Waals surface area contributed by atoms with Crippen molar-refractivity contribution in [2.45, 2.75) is 20.0 Å². The molecule has 1 aromatic rings. The van der Waals surface area contributed by atoms with E-state index in [1.54, 1.807) is 6.92 Å². The molecule has 0 aromatic heterocycles. The molecule has 1 atom stereocenters. The summed E-state index contributed by atoms with van der Waals surface area (Å²) in [6, 6.07) is 4.06. The van der Waals surface area contributed by atoms with Crippen LogP contribution >= 0.6 is 15.9 Å². The Morgan fingerprint density at radius 1 is 1.62 bits per heavy atom. The van der Waals surface area contributed by atoms with Crippen molar-refractivity contribution in [2.24, 2.45) is 0 Å². The molecule has 1 amide bonds. The minimum atomic E-state index is -0.610. The highest BCUT2D eigenvalue weighted by molar-refractivity contribution is 9.10. The van der Waals surface area contributed by atoms with Crippen LogP contribution in [0.5, 0.6) is 5.75 Å². The first-order valence-corrected chi connectivity index (χ1v) is 5.73.